The molecule has 4 heteroatoms. The standard InChI is InChI=1S/C22H33N3O/c26-22(21-11-5-2-6-12-21)23-13-7-8-14-24-15-17-25(18-16-24)19-20-9-3-1-4-10-20/h1-5,9-10,21H,6-8,11-19H2,(H,23,26). The molecule has 1 heterocycles. The van der Waals surface area contributed by atoms with Crippen molar-refractivity contribution >= 4 is 5.91 Å². The average Bonchev–Trinajstić information content (AvgIpc) is 2.70. The Balaban J connectivity index is 1.23. The van der Waals surface area contributed by atoms with E-state index in [0.717, 1.165) is 71.5 Å². The van der Waals surface area contributed by atoms with Crippen LogP contribution in [0.1, 0.15) is 37.7 Å². The Morgan fingerprint density at radius 1 is 1.00 bits per heavy atom. The van der Waals surface area contributed by atoms with E-state index in [1.165, 1.54) is 12.0 Å². The molecule has 0 bridgehead atoms. The molecule has 1 N–H and O–H groups in total. The van der Waals surface area contributed by atoms with E-state index in [9.17, 15) is 4.79 Å². The molecule has 0 saturated carbocycles. The lowest BCUT2D eigenvalue weighted by Crippen LogP contribution is -2.46. The third-order valence-corrected chi connectivity index (χ3v) is 5.55. The molecule has 0 aromatic heterocycles. The summed E-state index contributed by atoms with van der Waals surface area (Å²) in [7, 11) is 0. The van der Waals surface area contributed by atoms with Gasteiger partial charge in [-0.25, -0.2) is 0 Å². The summed E-state index contributed by atoms with van der Waals surface area (Å²) in [5.74, 6) is 0.460. The zero-order valence-corrected chi connectivity index (χ0v) is 15.9. The molecule has 2 aliphatic rings. The monoisotopic (exact) mass is 355 g/mol. The third kappa shape index (κ3) is 6.26. The third-order valence-electron chi connectivity index (χ3n) is 5.55. The van der Waals surface area contributed by atoms with Gasteiger partial charge in [-0.1, -0.05) is 42.5 Å². The largest absolute Gasteiger partial charge is 0.356 e. The van der Waals surface area contributed by atoms with Gasteiger partial charge in [-0.3, -0.25) is 9.69 Å². The Bertz CT molecular complexity index is 564. The normalized spacial score (nSPS) is 21.6. The summed E-state index contributed by atoms with van der Waals surface area (Å²) in [6.07, 6.45) is 9.56. The van der Waals surface area contributed by atoms with Crippen molar-refractivity contribution in [3.63, 3.8) is 0 Å². The molecule has 4 nitrogen and oxygen atoms in total. The highest BCUT2D eigenvalue weighted by molar-refractivity contribution is 5.78. The van der Waals surface area contributed by atoms with Crippen LogP contribution < -0.4 is 5.32 Å². The van der Waals surface area contributed by atoms with Crippen molar-refractivity contribution in [1.82, 2.24) is 15.1 Å². The molecule has 1 aliphatic heterocycles. The maximum absolute atomic E-state index is 12.1. The van der Waals surface area contributed by atoms with Crippen LogP contribution in [-0.4, -0.2) is 55.0 Å². The van der Waals surface area contributed by atoms with Gasteiger partial charge in [0.15, 0.2) is 0 Å². The molecule has 3 rings (SSSR count). The fourth-order valence-electron chi connectivity index (χ4n) is 3.86. The number of rotatable bonds is 8. The Morgan fingerprint density at radius 2 is 1.77 bits per heavy atom. The van der Waals surface area contributed by atoms with Crippen molar-refractivity contribution in [3.05, 3.63) is 48.0 Å². The van der Waals surface area contributed by atoms with Crippen molar-refractivity contribution in [3.8, 4) is 0 Å². The van der Waals surface area contributed by atoms with Gasteiger partial charge in [-0.15, -0.1) is 0 Å². The molecule has 1 amide bonds. The lowest BCUT2D eigenvalue weighted by Gasteiger charge is -2.34. The lowest BCUT2D eigenvalue weighted by molar-refractivity contribution is -0.125. The van der Waals surface area contributed by atoms with E-state index < -0.39 is 0 Å². The van der Waals surface area contributed by atoms with E-state index in [1.54, 1.807) is 0 Å². The zero-order chi connectivity index (χ0) is 18.0. The second-order valence-corrected chi connectivity index (χ2v) is 7.58. The summed E-state index contributed by atoms with van der Waals surface area (Å²) >= 11 is 0. The number of hydrogen-bond donors (Lipinski definition) is 1. The first kappa shape index (κ1) is 19.1. The Morgan fingerprint density at radius 3 is 2.50 bits per heavy atom. The highest BCUT2D eigenvalue weighted by Gasteiger charge is 2.18. The summed E-state index contributed by atoms with van der Waals surface area (Å²) in [6.45, 7) is 7.67. The quantitative estimate of drug-likeness (QED) is 0.575. The fourth-order valence-corrected chi connectivity index (χ4v) is 3.86. The minimum Gasteiger partial charge on any atom is -0.356 e. The molecule has 26 heavy (non-hydrogen) atoms. The molecule has 0 radical (unpaired) electrons. The number of nitrogens with one attached hydrogen (secondary N) is 1. The first-order valence-electron chi connectivity index (χ1n) is 10.2. The van der Waals surface area contributed by atoms with Gasteiger partial charge in [0.2, 0.25) is 5.91 Å². The predicted octanol–water partition coefficient (Wildman–Crippen LogP) is 3.06. The maximum atomic E-state index is 12.1. The van der Waals surface area contributed by atoms with Gasteiger partial charge in [0.25, 0.3) is 0 Å². The summed E-state index contributed by atoms with van der Waals surface area (Å²) in [5.41, 5.74) is 1.41. The van der Waals surface area contributed by atoms with Crippen LogP contribution in [0.4, 0.5) is 0 Å². The topological polar surface area (TPSA) is 35.6 Å². The van der Waals surface area contributed by atoms with Crippen molar-refractivity contribution in [2.24, 2.45) is 5.92 Å². The molecular formula is C22H33N3O. The van der Waals surface area contributed by atoms with Crippen LogP contribution in [0.2, 0.25) is 0 Å². The van der Waals surface area contributed by atoms with Gasteiger partial charge in [-0.2, -0.15) is 0 Å². The van der Waals surface area contributed by atoms with E-state index in [0.29, 0.717) is 0 Å². The Hall–Kier alpha value is -1.65. The van der Waals surface area contributed by atoms with E-state index in [1.807, 2.05) is 0 Å². The van der Waals surface area contributed by atoms with Crippen LogP contribution >= 0.6 is 0 Å². The van der Waals surface area contributed by atoms with E-state index >= 15 is 0 Å². The predicted molar refractivity (Wildman–Crippen MR) is 107 cm³/mol. The van der Waals surface area contributed by atoms with Crippen LogP contribution in [0.5, 0.6) is 0 Å². The van der Waals surface area contributed by atoms with Crippen LogP contribution in [-0.2, 0) is 11.3 Å². The number of piperazine rings is 1. The number of benzene rings is 1. The van der Waals surface area contributed by atoms with Crippen molar-refractivity contribution in [2.75, 3.05) is 39.3 Å². The number of unbranched alkanes of at least 4 members (excludes halogenated alkanes) is 1. The molecule has 1 aliphatic carbocycles. The number of hydrogen-bond acceptors (Lipinski definition) is 3. The first-order valence-corrected chi connectivity index (χ1v) is 10.2. The number of carbonyl (C=O) groups is 1. The molecule has 1 aromatic rings. The lowest BCUT2D eigenvalue weighted by atomic mass is 9.94. The molecule has 1 saturated heterocycles. The number of nitrogens with zero attached hydrogens (tertiary/aromatic N) is 2. The summed E-state index contributed by atoms with van der Waals surface area (Å²) < 4.78 is 0. The zero-order valence-electron chi connectivity index (χ0n) is 15.9. The summed E-state index contributed by atoms with van der Waals surface area (Å²) in [6, 6.07) is 10.7. The minimum absolute atomic E-state index is 0.206. The van der Waals surface area contributed by atoms with Crippen LogP contribution in [0.3, 0.4) is 0 Å². The van der Waals surface area contributed by atoms with Crippen LogP contribution in [0.25, 0.3) is 0 Å². The fraction of sp³-hybridized carbons (Fsp3) is 0.591. The molecule has 142 valence electrons. The van der Waals surface area contributed by atoms with Crippen LogP contribution in [0.15, 0.2) is 42.5 Å². The van der Waals surface area contributed by atoms with E-state index in [4.69, 9.17) is 0 Å². The van der Waals surface area contributed by atoms with Gasteiger partial charge >= 0.3 is 0 Å². The first-order chi connectivity index (χ1) is 12.8. The smallest absolute Gasteiger partial charge is 0.223 e. The number of amides is 1. The number of allylic oxidation sites excluding steroid dienone is 2. The molecule has 1 fully saturated rings. The molecule has 1 unspecified atom stereocenters. The van der Waals surface area contributed by atoms with E-state index in [2.05, 4.69) is 57.6 Å². The van der Waals surface area contributed by atoms with Gasteiger partial charge in [-0.05, 0) is 44.2 Å². The molecule has 0 spiro atoms. The SMILES string of the molecule is O=C(NCCCCN1CCN(Cc2ccccc2)CC1)C1CC=CCC1. The Kier molecular flexibility index (Phi) is 7.71. The van der Waals surface area contributed by atoms with Gasteiger partial charge in [0, 0.05) is 45.2 Å². The number of carbonyl (C=O) groups excluding carboxylic acids is 1. The Labute approximate surface area is 158 Å². The highest BCUT2D eigenvalue weighted by atomic mass is 16.1. The molecular weight excluding hydrogens is 322 g/mol. The second-order valence-electron chi connectivity index (χ2n) is 7.58. The minimum atomic E-state index is 0.206. The van der Waals surface area contributed by atoms with Crippen molar-refractivity contribution in [2.45, 2.75) is 38.6 Å². The highest BCUT2D eigenvalue weighted by Crippen LogP contribution is 2.18. The van der Waals surface area contributed by atoms with Gasteiger partial charge in [0.1, 0.15) is 0 Å². The van der Waals surface area contributed by atoms with Crippen molar-refractivity contribution < 1.29 is 4.79 Å². The summed E-state index contributed by atoms with van der Waals surface area (Å²) in [5, 5.41) is 3.12. The summed E-state index contributed by atoms with van der Waals surface area (Å²) in [4.78, 5) is 17.2. The molecule has 1 atom stereocenters. The van der Waals surface area contributed by atoms with Crippen LogP contribution in [0, 0.1) is 5.92 Å². The van der Waals surface area contributed by atoms with Crippen molar-refractivity contribution in [1.29, 1.82) is 0 Å². The van der Waals surface area contributed by atoms with Gasteiger partial charge in [0.05, 0.1) is 0 Å². The second kappa shape index (κ2) is 10.5. The maximum Gasteiger partial charge on any atom is 0.223 e. The molecule has 1 aromatic carbocycles. The van der Waals surface area contributed by atoms with E-state index in [-0.39, 0.29) is 11.8 Å². The van der Waals surface area contributed by atoms with Gasteiger partial charge < -0.3 is 10.2 Å². The average molecular weight is 356 g/mol.